The first kappa shape index (κ1) is 14.5. The fourth-order valence-corrected chi connectivity index (χ4v) is 2.47. The molecule has 0 saturated carbocycles. The van der Waals surface area contributed by atoms with E-state index in [1.807, 2.05) is 33.8 Å². The Balaban J connectivity index is 2.12. The largest absolute Gasteiger partial charge is 0.495 e. The van der Waals surface area contributed by atoms with Gasteiger partial charge in [0.1, 0.15) is 0 Å². The molecule has 0 N–H and O–H groups in total. The second-order valence-corrected chi connectivity index (χ2v) is 6.42. The Morgan fingerprint density at radius 3 is 2.10 bits per heavy atom. The first-order valence-corrected chi connectivity index (χ1v) is 6.95. The number of halogens is 2. The Labute approximate surface area is 123 Å². The highest BCUT2D eigenvalue weighted by atomic mass is 19.2. The van der Waals surface area contributed by atoms with Crippen LogP contribution in [0.15, 0.2) is 30.3 Å². The molecule has 0 spiro atoms. The molecule has 110 valence electrons. The summed E-state index contributed by atoms with van der Waals surface area (Å²) in [7, 11) is -0.594. The lowest BCUT2D eigenvalue weighted by atomic mass is 9.76. The monoisotopic (exact) mass is 290 g/mol. The summed E-state index contributed by atoms with van der Waals surface area (Å²) < 4.78 is 38.9. The molecule has 0 atom stereocenters. The first-order valence-electron chi connectivity index (χ1n) is 6.95. The van der Waals surface area contributed by atoms with Crippen molar-refractivity contribution in [2.24, 2.45) is 0 Å². The smallest absolute Gasteiger partial charge is 0.399 e. The number of rotatable bonds is 1. The lowest BCUT2D eigenvalue weighted by Crippen LogP contribution is -2.41. The van der Waals surface area contributed by atoms with Crippen molar-refractivity contribution in [1.82, 2.24) is 0 Å². The molecule has 3 rings (SSSR count). The van der Waals surface area contributed by atoms with Gasteiger partial charge in [0.05, 0.1) is 11.2 Å². The molecule has 1 heterocycles. The van der Waals surface area contributed by atoms with E-state index in [0.717, 1.165) is 0 Å². The van der Waals surface area contributed by atoms with Crippen molar-refractivity contribution in [2.45, 2.75) is 38.9 Å². The Morgan fingerprint density at radius 2 is 1.48 bits per heavy atom. The van der Waals surface area contributed by atoms with E-state index in [9.17, 15) is 8.78 Å². The Kier molecular flexibility index (Phi) is 3.12. The van der Waals surface area contributed by atoms with E-state index in [2.05, 4.69) is 0 Å². The van der Waals surface area contributed by atoms with Crippen LogP contribution >= 0.6 is 0 Å². The van der Waals surface area contributed by atoms with Crippen LogP contribution in [0.5, 0.6) is 0 Å². The molecule has 2 aromatic rings. The molecule has 1 aliphatic rings. The molecule has 0 aromatic heterocycles. The minimum atomic E-state index is -0.869. The van der Waals surface area contributed by atoms with Gasteiger partial charge in [0.15, 0.2) is 11.6 Å². The van der Waals surface area contributed by atoms with Gasteiger partial charge in [0, 0.05) is 0 Å². The number of benzene rings is 2. The normalized spacial score (nSPS) is 20.2. The van der Waals surface area contributed by atoms with Gasteiger partial charge in [-0.05, 0) is 56.1 Å². The van der Waals surface area contributed by atoms with E-state index < -0.39 is 30.0 Å². The minimum Gasteiger partial charge on any atom is -0.399 e. The fourth-order valence-electron chi connectivity index (χ4n) is 2.47. The average Bonchev–Trinajstić information content (AvgIpc) is 2.59. The van der Waals surface area contributed by atoms with E-state index in [0.29, 0.717) is 16.2 Å². The zero-order valence-corrected chi connectivity index (χ0v) is 12.5. The van der Waals surface area contributed by atoms with Crippen LogP contribution in [0.1, 0.15) is 27.7 Å². The molecule has 0 radical (unpaired) electrons. The first-order chi connectivity index (χ1) is 9.71. The average molecular weight is 290 g/mol. The van der Waals surface area contributed by atoms with Gasteiger partial charge in [-0.3, -0.25) is 0 Å². The third kappa shape index (κ3) is 2.25. The second kappa shape index (κ2) is 4.52. The van der Waals surface area contributed by atoms with Crippen molar-refractivity contribution in [3.8, 4) is 0 Å². The van der Waals surface area contributed by atoms with Crippen LogP contribution in [0.4, 0.5) is 8.78 Å². The molecular formula is C16H17BF2O2. The van der Waals surface area contributed by atoms with E-state index >= 15 is 0 Å². The maximum Gasteiger partial charge on any atom is 0.495 e. The molecular weight excluding hydrogens is 273 g/mol. The molecule has 2 aromatic carbocycles. The summed E-state index contributed by atoms with van der Waals surface area (Å²) in [5, 5.41) is 1.23. The number of hydrogen-bond donors (Lipinski definition) is 0. The van der Waals surface area contributed by atoms with Crippen LogP contribution in [-0.4, -0.2) is 18.3 Å². The predicted molar refractivity (Wildman–Crippen MR) is 79.6 cm³/mol. The zero-order valence-electron chi connectivity index (χ0n) is 12.5. The molecule has 5 heteroatoms. The summed E-state index contributed by atoms with van der Waals surface area (Å²) in [5.41, 5.74) is -0.235. The third-order valence-electron chi connectivity index (χ3n) is 4.46. The van der Waals surface area contributed by atoms with Gasteiger partial charge in [0.2, 0.25) is 0 Å². The van der Waals surface area contributed by atoms with Gasteiger partial charge >= 0.3 is 7.12 Å². The lowest BCUT2D eigenvalue weighted by Gasteiger charge is -2.32. The van der Waals surface area contributed by atoms with E-state index in [4.69, 9.17) is 9.31 Å². The second-order valence-electron chi connectivity index (χ2n) is 6.42. The quantitative estimate of drug-likeness (QED) is 0.749. The van der Waals surface area contributed by atoms with Crippen LogP contribution in [0.2, 0.25) is 0 Å². The Hall–Kier alpha value is -1.46. The van der Waals surface area contributed by atoms with Crippen molar-refractivity contribution in [1.29, 1.82) is 0 Å². The molecule has 0 amide bonds. The van der Waals surface area contributed by atoms with Crippen molar-refractivity contribution < 1.29 is 18.1 Å². The summed E-state index contributed by atoms with van der Waals surface area (Å²) in [6.07, 6.45) is 0. The highest BCUT2D eigenvalue weighted by molar-refractivity contribution is 6.65. The fraction of sp³-hybridized carbons (Fsp3) is 0.375. The van der Waals surface area contributed by atoms with Gasteiger partial charge in [-0.25, -0.2) is 8.78 Å². The Morgan fingerprint density at radius 1 is 0.905 bits per heavy atom. The summed E-state index contributed by atoms with van der Waals surface area (Å²) >= 11 is 0. The van der Waals surface area contributed by atoms with Crippen molar-refractivity contribution in [3.63, 3.8) is 0 Å². The van der Waals surface area contributed by atoms with E-state index in [1.165, 1.54) is 12.1 Å². The van der Waals surface area contributed by atoms with Gasteiger partial charge in [0.25, 0.3) is 0 Å². The molecule has 0 aliphatic carbocycles. The van der Waals surface area contributed by atoms with Gasteiger partial charge in [-0.2, -0.15) is 0 Å². The highest BCUT2D eigenvalue weighted by Crippen LogP contribution is 2.37. The van der Waals surface area contributed by atoms with Crippen LogP contribution < -0.4 is 5.46 Å². The zero-order chi connectivity index (χ0) is 15.4. The van der Waals surface area contributed by atoms with E-state index in [-0.39, 0.29) is 0 Å². The van der Waals surface area contributed by atoms with Gasteiger partial charge in [-0.1, -0.05) is 18.2 Å². The molecule has 0 bridgehead atoms. The van der Waals surface area contributed by atoms with Crippen LogP contribution in [-0.2, 0) is 9.31 Å². The Bertz CT molecular complexity index is 697. The summed E-state index contributed by atoms with van der Waals surface area (Å²) in [4.78, 5) is 0. The van der Waals surface area contributed by atoms with Crippen LogP contribution in [0.3, 0.4) is 0 Å². The van der Waals surface area contributed by atoms with Gasteiger partial charge in [-0.15, -0.1) is 0 Å². The van der Waals surface area contributed by atoms with Crippen LogP contribution in [0.25, 0.3) is 10.8 Å². The standard InChI is InChI=1S/C16H17BF2O2/c1-15(2)16(3,4)21-17(20-15)12-7-5-6-10-8-13(18)14(19)9-11(10)12/h5-9H,1-4H3. The molecule has 1 aliphatic heterocycles. The van der Waals surface area contributed by atoms with E-state index in [1.54, 1.807) is 12.1 Å². The summed E-state index contributed by atoms with van der Waals surface area (Å²) in [5.74, 6) is -1.72. The third-order valence-corrected chi connectivity index (χ3v) is 4.46. The topological polar surface area (TPSA) is 18.5 Å². The van der Waals surface area contributed by atoms with Crippen molar-refractivity contribution in [2.75, 3.05) is 0 Å². The molecule has 2 nitrogen and oxygen atoms in total. The maximum absolute atomic E-state index is 13.6. The summed E-state index contributed by atoms with van der Waals surface area (Å²) in [6.45, 7) is 7.83. The van der Waals surface area contributed by atoms with Gasteiger partial charge < -0.3 is 9.31 Å². The van der Waals surface area contributed by atoms with Crippen molar-refractivity contribution >= 4 is 23.4 Å². The molecule has 0 unspecified atom stereocenters. The number of fused-ring (bicyclic) bond motifs is 1. The highest BCUT2D eigenvalue weighted by Gasteiger charge is 2.52. The van der Waals surface area contributed by atoms with Crippen LogP contribution in [0, 0.1) is 11.6 Å². The number of hydrogen-bond acceptors (Lipinski definition) is 2. The lowest BCUT2D eigenvalue weighted by molar-refractivity contribution is 0.00578. The minimum absolute atomic E-state index is 0.474. The maximum atomic E-state index is 13.6. The molecule has 1 fully saturated rings. The van der Waals surface area contributed by atoms with Crippen molar-refractivity contribution in [3.05, 3.63) is 42.0 Å². The predicted octanol–water partition coefficient (Wildman–Crippen LogP) is 3.42. The molecule has 1 saturated heterocycles. The summed E-state index contributed by atoms with van der Waals surface area (Å²) in [6, 6.07) is 7.75. The SMILES string of the molecule is CC1(C)OB(c2cccc3cc(F)c(F)cc23)OC1(C)C. The molecule has 21 heavy (non-hydrogen) atoms.